The average Bonchev–Trinajstić information content (AvgIpc) is 2.49. The molecule has 0 radical (unpaired) electrons. The van der Waals surface area contributed by atoms with Crippen LogP contribution in [0.5, 0.6) is 11.5 Å². The Morgan fingerprint density at radius 2 is 1.95 bits per heavy atom. The van der Waals surface area contributed by atoms with Crippen molar-refractivity contribution in [3.8, 4) is 11.5 Å². The first kappa shape index (κ1) is 15.5. The highest BCUT2D eigenvalue weighted by molar-refractivity contribution is 5.34. The van der Waals surface area contributed by atoms with Crippen molar-refractivity contribution >= 4 is 0 Å². The van der Waals surface area contributed by atoms with E-state index in [0.717, 1.165) is 42.1 Å². The van der Waals surface area contributed by atoms with Crippen LogP contribution in [0.3, 0.4) is 0 Å². The highest BCUT2D eigenvalue weighted by Gasteiger charge is 2.01. The molecule has 0 aliphatic rings. The summed E-state index contributed by atoms with van der Waals surface area (Å²) in [5.74, 6) is 1.55. The van der Waals surface area contributed by atoms with Gasteiger partial charge in [-0.25, -0.2) is 0 Å². The molecule has 0 unspecified atom stereocenters. The maximum Gasteiger partial charge on any atom is 0.146 e. The van der Waals surface area contributed by atoms with Gasteiger partial charge in [0.05, 0.1) is 12.8 Å². The number of hydrogen-bond acceptors (Lipinski definition) is 4. The summed E-state index contributed by atoms with van der Waals surface area (Å²) >= 11 is 0. The summed E-state index contributed by atoms with van der Waals surface area (Å²) in [7, 11) is 1.68. The molecule has 0 atom stereocenters. The second-order valence-electron chi connectivity index (χ2n) is 4.89. The van der Waals surface area contributed by atoms with E-state index in [1.165, 1.54) is 0 Å². The van der Waals surface area contributed by atoms with Crippen molar-refractivity contribution in [1.82, 2.24) is 10.3 Å². The van der Waals surface area contributed by atoms with Gasteiger partial charge in [-0.1, -0.05) is 19.1 Å². The molecule has 0 aliphatic carbocycles. The molecule has 1 N–H and O–H groups in total. The van der Waals surface area contributed by atoms with Crippen LogP contribution in [0.4, 0.5) is 0 Å². The number of aromatic nitrogens is 1. The molecule has 1 aromatic heterocycles. The van der Waals surface area contributed by atoms with E-state index < -0.39 is 0 Å². The van der Waals surface area contributed by atoms with Crippen LogP contribution in [0, 0.1) is 0 Å². The quantitative estimate of drug-likeness (QED) is 0.754. The summed E-state index contributed by atoms with van der Waals surface area (Å²) in [6, 6.07) is 9.90. The lowest BCUT2D eigenvalue weighted by molar-refractivity contribution is 0.184. The monoisotopic (exact) mass is 286 g/mol. The molecule has 21 heavy (non-hydrogen) atoms. The van der Waals surface area contributed by atoms with Gasteiger partial charge in [0.1, 0.15) is 11.5 Å². The van der Waals surface area contributed by atoms with Crippen molar-refractivity contribution < 1.29 is 9.47 Å². The van der Waals surface area contributed by atoms with Crippen molar-refractivity contribution in [1.29, 1.82) is 0 Å². The molecule has 0 amide bonds. The number of rotatable bonds is 8. The highest BCUT2D eigenvalue weighted by Crippen LogP contribution is 2.22. The first-order valence-electron chi connectivity index (χ1n) is 7.22. The molecule has 2 aromatic rings. The normalized spacial score (nSPS) is 10.6. The van der Waals surface area contributed by atoms with Gasteiger partial charge in [-0.2, -0.15) is 0 Å². The Morgan fingerprint density at radius 3 is 2.76 bits per heavy atom. The summed E-state index contributed by atoms with van der Waals surface area (Å²) in [5, 5.41) is 3.36. The number of ether oxygens (including phenoxy) is 2. The summed E-state index contributed by atoms with van der Waals surface area (Å²) in [4.78, 5) is 4.23. The zero-order chi connectivity index (χ0) is 14.9. The van der Waals surface area contributed by atoms with E-state index in [9.17, 15) is 0 Å². The summed E-state index contributed by atoms with van der Waals surface area (Å²) < 4.78 is 11.0. The molecule has 0 bridgehead atoms. The van der Waals surface area contributed by atoms with Gasteiger partial charge in [-0.05, 0) is 42.3 Å². The molecule has 1 aromatic carbocycles. The number of nitrogens with zero attached hydrogens (tertiary/aromatic N) is 1. The summed E-state index contributed by atoms with van der Waals surface area (Å²) in [6.07, 6.45) is 4.71. The lowest BCUT2D eigenvalue weighted by Gasteiger charge is -2.09. The van der Waals surface area contributed by atoms with Crippen LogP contribution in [0.1, 0.15) is 24.5 Å². The number of hydrogen-bond donors (Lipinski definition) is 1. The average molecular weight is 286 g/mol. The van der Waals surface area contributed by atoms with Crippen molar-refractivity contribution in [3.63, 3.8) is 0 Å². The number of pyridine rings is 1. The molecule has 0 saturated heterocycles. The fourth-order valence-electron chi connectivity index (χ4n) is 2.03. The molecule has 0 fully saturated rings. The lowest BCUT2D eigenvalue weighted by Crippen LogP contribution is -2.13. The van der Waals surface area contributed by atoms with Gasteiger partial charge in [-0.3, -0.25) is 4.98 Å². The van der Waals surface area contributed by atoms with Crippen molar-refractivity contribution in [2.24, 2.45) is 0 Å². The molecule has 4 nitrogen and oxygen atoms in total. The lowest BCUT2D eigenvalue weighted by atomic mass is 10.2. The van der Waals surface area contributed by atoms with Gasteiger partial charge < -0.3 is 14.8 Å². The maximum atomic E-state index is 5.87. The zero-order valence-corrected chi connectivity index (χ0v) is 12.6. The van der Waals surface area contributed by atoms with Crippen LogP contribution in [-0.4, -0.2) is 18.6 Å². The van der Waals surface area contributed by atoms with E-state index in [1.54, 1.807) is 13.3 Å². The Kier molecular flexibility index (Phi) is 6.19. The fraction of sp³-hybridized carbons (Fsp3) is 0.353. The molecular weight excluding hydrogens is 264 g/mol. The third-order valence-corrected chi connectivity index (χ3v) is 2.97. The van der Waals surface area contributed by atoms with E-state index >= 15 is 0 Å². The van der Waals surface area contributed by atoms with Gasteiger partial charge in [0.2, 0.25) is 0 Å². The van der Waals surface area contributed by atoms with E-state index in [4.69, 9.17) is 9.47 Å². The van der Waals surface area contributed by atoms with Gasteiger partial charge in [0, 0.05) is 19.9 Å². The minimum atomic E-state index is 0.580. The van der Waals surface area contributed by atoms with Crippen LogP contribution in [-0.2, 0) is 17.9 Å². The number of nitrogens with one attached hydrogen (secondary N) is 1. The SMILES string of the molecule is CCCNCc1cncc(Oc2cccc(COC)c2)c1. The van der Waals surface area contributed by atoms with Crippen LogP contribution in [0.25, 0.3) is 0 Å². The van der Waals surface area contributed by atoms with Gasteiger partial charge in [0.15, 0.2) is 0 Å². The Bertz CT molecular complexity index is 558. The number of methoxy groups -OCH3 is 1. The van der Waals surface area contributed by atoms with Gasteiger partial charge >= 0.3 is 0 Å². The van der Waals surface area contributed by atoms with Crippen molar-refractivity contribution in [2.45, 2.75) is 26.5 Å². The Morgan fingerprint density at radius 1 is 1.10 bits per heavy atom. The topological polar surface area (TPSA) is 43.4 Å². The zero-order valence-electron chi connectivity index (χ0n) is 12.6. The van der Waals surface area contributed by atoms with E-state index in [2.05, 4.69) is 17.2 Å². The van der Waals surface area contributed by atoms with E-state index in [-0.39, 0.29) is 0 Å². The molecule has 4 heteroatoms. The minimum absolute atomic E-state index is 0.580. The smallest absolute Gasteiger partial charge is 0.146 e. The Balaban J connectivity index is 2.01. The molecular formula is C17H22N2O2. The van der Waals surface area contributed by atoms with Crippen LogP contribution in [0.2, 0.25) is 0 Å². The van der Waals surface area contributed by atoms with Crippen LogP contribution in [0.15, 0.2) is 42.7 Å². The predicted octanol–water partition coefficient (Wildman–Crippen LogP) is 3.52. The Labute approximate surface area is 126 Å². The first-order valence-corrected chi connectivity index (χ1v) is 7.22. The molecule has 1 heterocycles. The van der Waals surface area contributed by atoms with Gasteiger partial charge in [0.25, 0.3) is 0 Å². The third-order valence-electron chi connectivity index (χ3n) is 2.97. The highest BCUT2D eigenvalue weighted by atomic mass is 16.5. The van der Waals surface area contributed by atoms with Crippen LogP contribution >= 0.6 is 0 Å². The van der Waals surface area contributed by atoms with Gasteiger partial charge in [-0.15, -0.1) is 0 Å². The predicted molar refractivity (Wildman–Crippen MR) is 83.5 cm³/mol. The summed E-state index contributed by atoms with van der Waals surface area (Å²) in [5.41, 5.74) is 2.21. The number of benzene rings is 1. The minimum Gasteiger partial charge on any atom is -0.456 e. The standard InChI is InChI=1S/C17H22N2O2/c1-3-7-18-10-15-9-17(12-19-11-15)21-16-6-4-5-14(8-16)13-20-2/h4-6,8-9,11-12,18H,3,7,10,13H2,1-2H3. The van der Waals surface area contributed by atoms with Crippen LogP contribution < -0.4 is 10.1 Å². The molecule has 0 saturated carbocycles. The van der Waals surface area contributed by atoms with Crippen molar-refractivity contribution in [3.05, 3.63) is 53.9 Å². The second-order valence-corrected chi connectivity index (χ2v) is 4.89. The molecule has 112 valence electrons. The summed E-state index contributed by atoms with van der Waals surface area (Å²) in [6.45, 7) is 4.54. The second kappa shape index (κ2) is 8.39. The molecule has 0 aliphatic heterocycles. The molecule has 2 rings (SSSR count). The van der Waals surface area contributed by atoms with E-state index in [1.807, 2.05) is 36.5 Å². The molecule has 0 spiro atoms. The third kappa shape index (κ3) is 5.17. The Hall–Kier alpha value is -1.91. The fourth-order valence-corrected chi connectivity index (χ4v) is 2.03. The van der Waals surface area contributed by atoms with Crippen molar-refractivity contribution in [2.75, 3.05) is 13.7 Å². The maximum absolute atomic E-state index is 5.87. The van der Waals surface area contributed by atoms with E-state index in [0.29, 0.717) is 6.61 Å². The largest absolute Gasteiger partial charge is 0.456 e. The first-order chi connectivity index (χ1) is 10.3.